The fourth-order valence-corrected chi connectivity index (χ4v) is 8.53. The van der Waals surface area contributed by atoms with Crippen molar-refractivity contribution in [3.63, 3.8) is 0 Å². The van der Waals surface area contributed by atoms with Gasteiger partial charge in [0, 0.05) is 6.42 Å². The molecule has 3 unspecified atom stereocenters. The molecule has 0 aliphatic rings. The molecule has 0 fully saturated rings. The Balaban J connectivity index is 3.86. The lowest BCUT2D eigenvalue weighted by Crippen LogP contribution is -2.46. The van der Waals surface area contributed by atoms with Crippen LogP contribution in [0.25, 0.3) is 0 Å². The third-order valence-electron chi connectivity index (χ3n) is 11.8. The third-order valence-corrected chi connectivity index (χ3v) is 12.8. The monoisotopic (exact) mass is 845 g/mol. The molecule has 9 heteroatoms. The summed E-state index contributed by atoms with van der Waals surface area (Å²) in [5, 5.41) is 13.8. The van der Waals surface area contributed by atoms with Gasteiger partial charge in [0.25, 0.3) is 7.82 Å². The van der Waals surface area contributed by atoms with E-state index < -0.39 is 20.0 Å². The topological polar surface area (TPSA) is 108 Å². The Morgan fingerprint density at radius 1 is 0.534 bits per heavy atom. The Hall–Kier alpha value is -0.500. The van der Waals surface area contributed by atoms with Gasteiger partial charge in [-0.3, -0.25) is 9.36 Å². The molecule has 0 rings (SSSR count). The summed E-state index contributed by atoms with van der Waals surface area (Å²) in [5.74, 6) is -0.171. The Morgan fingerprint density at radius 2 is 0.845 bits per heavy atom. The van der Waals surface area contributed by atoms with Crippen molar-refractivity contribution in [3.05, 3.63) is 0 Å². The second kappa shape index (κ2) is 41.8. The molecule has 0 heterocycles. The molecule has 348 valence electrons. The summed E-state index contributed by atoms with van der Waals surface area (Å²) in [5.41, 5.74) is 0. The third kappa shape index (κ3) is 43.6. The number of amides is 1. The van der Waals surface area contributed by atoms with Crippen LogP contribution in [0, 0.1) is 0 Å². The molecule has 0 spiro atoms. The molecular weight excluding hydrogens is 744 g/mol. The van der Waals surface area contributed by atoms with Crippen molar-refractivity contribution in [1.82, 2.24) is 5.32 Å². The number of hydrogen-bond acceptors (Lipinski definition) is 6. The number of nitrogens with zero attached hydrogens (tertiary/aromatic N) is 1. The SMILES string of the molecule is CCCCCCCCCCCCCCCCCCCCCCCCCCCCCCCCC(O)C(COP(=O)([O-])OCC[N+](C)(C)C)NC(=O)CCCCCCCC. The average molecular weight is 845 g/mol. The molecule has 0 aliphatic heterocycles. The maximum atomic E-state index is 12.7. The summed E-state index contributed by atoms with van der Waals surface area (Å²) in [7, 11) is 1.32. The highest BCUT2D eigenvalue weighted by Crippen LogP contribution is 2.38. The van der Waals surface area contributed by atoms with Crippen LogP contribution < -0.4 is 10.2 Å². The van der Waals surface area contributed by atoms with Gasteiger partial charge in [-0.25, -0.2) is 0 Å². The van der Waals surface area contributed by atoms with E-state index in [9.17, 15) is 19.4 Å². The van der Waals surface area contributed by atoms with Crippen LogP contribution in [0.1, 0.15) is 258 Å². The molecule has 3 atom stereocenters. The maximum absolute atomic E-state index is 12.7. The lowest BCUT2D eigenvalue weighted by Gasteiger charge is -2.30. The van der Waals surface area contributed by atoms with Crippen molar-refractivity contribution < 1.29 is 32.9 Å². The first-order valence-corrected chi connectivity index (χ1v) is 26.8. The van der Waals surface area contributed by atoms with E-state index in [1.165, 1.54) is 193 Å². The van der Waals surface area contributed by atoms with Gasteiger partial charge in [0.1, 0.15) is 13.2 Å². The van der Waals surface area contributed by atoms with Crippen LogP contribution in [0.3, 0.4) is 0 Å². The smallest absolute Gasteiger partial charge is 0.268 e. The summed E-state index contributed by atoms with van der Waals surface area (Å²) in [6.45, 7) is 4.68. The maximum Gasteiger partial charge on any atom is 0.268 e. The summed E-state index contributed by atoms with van der Waals surface area (Å²) in [6.07, 6.45) is 47.5. The summed E-state index contributed by atoms with van der Waals surface area (Å²) in [4.78, 5) is 25.1. The standard InChI is InChI=1S/C49H101N2O6P/c1-6-8-10-12-14-15-16-17-18-19-20-21-22-23-24-25-26-27-28-29-30-31-32-33-34-35-36-37-38-40-42-48(52)47(50-49(53)43-41-39-13-11-9-7-2)46-57-58(54,55)56-45-44-51(3,4)5/h47-48,52H,6-46H2,1-5H3,(H-,50,53,54,55). The quantitative estimate of drug-likeness (QED) is 0.0359. The van der Waals surface area contributed by atoms with Crippen molar-refractivity contribution >= 4 is 13.7 Å². The molecule has 0 aromatic heterocycles. The summed E-state index contributed by atoms with van der Waals surface area (Å²) >= 11 is 0. The fraction of sp³-hybridized carbons (Fsp3) is 0.980. The average Bonchev–Trinajstić information content (AvgIpc) is 3.17. The van der Waals surface area contributed by atoms with Gasteiger partial charge in [-0.05, 0) is 12.8 Å². The number of rotatable bonds is 47. The van der Waals surface area contributed by atoms with Crippen molar-refractivity contribution in [2.75, 3.05) is 40.9 Å². The van der Waals surface area contributed by atoms with Gasteiger partial charge in [-0.2, -0.15) is 0 Å². The zero-order valence-corrected chi connectivity index (χ0v) is 40.4. The van der Waals surface area contributed by atoms with Gasteiger partial charge in [0.2, 0.25) is 5.91 Å². The molecular formula is C49H101N2O6P. The van der Waals surface area contributed by atoms with Crippen molar-refractivity contribution in [2.45, 2.75) is 270 Å². The van der Waals surface area contributed by atoms with Crippen molar-refractivity contribution in [3.8, 4) is 0 Å². The van der Waals surface area contributed by atoms with Gasteiger partial charge < -0.3 is 28.8 Å². The zero-order chi connectivity index (χ0) is 42.8. The summed E-state index contributed by atoms with van der Waals surface area (Å²) in [6, 6.07) is -0.791. The van der Waals surface area contributed by atoms with Gasteiger partial charge in [-0.15, -0.1) is 0 Å². The molecule has 2 N–H and O–H groups in total. The normalized spacial score (nSPS) is 14.1. The van der Waals surface area contributed by atoms with Crippen LogP contribution in [0.5, 0.6) is 0 Å². The Kier molecular flexibility index (Phi) is 41.5. The fourth-order valence-electron chi connectivity index (χ4n) is 7.81. The second-order valence-electron chi connectivity index (χ2n) is 18.9. The lowest BCUT2D eigenvalue weighted by molar-refractivity contribution is -0.870. The first-order valence-electron chi connectivity index (χ1n) is 25.4. The number of quaternary nitrogens is 1. The highest BCUT2D eigenvalue weighted by molar-refractivity contribution is 7.45. The molecule has 0 aliphatic carbocycles. The van der Waals surface area contributed by atoms with Gasteiger partial charge >= 0.3 is 0 Å². The zero-order valence-electron chi connectivity index (χ0n) is 39.5. The van der Waals surface area contributed by atoms with Gasteiger partial charge in [0.05, 0.1) is 39.9 Å². The molecule has 0 aromatic carbocycles. The first-order chi connectivity index (χ1) is 28.0. The van der Waals surface area contributed by atoms with Crippen LogP contribution in [-0.2, 0) is 18.4 Å². The predicted octanol–water partition coefficient (Wildman–Crippen LogP) is 13.9. The Bertz CT molecular complexity index is 916. The molecule has 0 aromatic rings. The van der Waals surface area contributed by atoms with Crippen LogP contribution in [0.2, 0.25) is 0 Å². The Labute approximate surface area is 361 Å². The number of carbonyl (C=O) groups excluding carboxylic acids is 1. The highest BCUT2D eigenvalue weighted by atomic mass is 31.2. The number of hydrogen-bond donors (Lipinski definition) is 2. The first kappa shape index (κ1) is 57.5. The molecule has 0 saturated heterocycles. The largest absolute Gasteiger partial charge is 0.756 e. The van der Waals surface area contributed by atoms with Crippen LogP contribution in [-0.4, -0.2) is 68.5 Å². The minimum absolute atomic E-state index is 0.0154. The van der Waals surface area contributed by atoms with Crippen LogP contribution in [0.4, 0.5) is 0 Å². The number of nitrogens with one attached hydrogen (secondary N) is 1. The molecule has 0 radical (unpaired) electrons. The minimum atomic E-state index is -4.55. The van der Waals surface area contributed by atoms with Crippen molar-refractivity contribution in [1.29, 1.82) is 0 Å². The van der Waals surface area contributed by atoms with E-state index >= 15 is 0 Å². The second-order valence-corrected chi connectivity index (χ2v) is 20.3. The number of unbranched alkanes of at least 4 members (excludes halogenated alkanes) is 34. The number of likely N-dealkylation sites (N-methyl/N-ethyl adjacent to an activating group) is 1. The van der Waals surface area contributed by atoms with E-state index in [1.807, 2.05) is 21.1 Å². The molecule has 8 nitrogen and oxygen atoms in total. The van der Waals surface area contributed by atoms with E-state index in [1.54, 1.807) is 0 Å². The van der Waals surface area contributed by atoms with Gasteiger partial charge in [-0.1, -0.05) is 239 Å². The molecule has 0 bridgehead atoms. The van der Waals surface area contributed by atoms with E-state index in [0.717, 1.165) is 38.5 Å². The number of carbonyl (C=O) groups is 1. The number of aliphatic hydroxyl groups is 1. The number of phosphoric ester groups is 1. The molecule has 58 heavy (non-hydrogen) atoms. The summed E-state index contributed by atoms with van der Waals surface area (Å²) < 4.78 is 23.2. The van der Waals surface area contributed by atoms with E-state index in [2.05, 4.69) is 19.2 Å². The van der Waals surface area contributed by atoms with Crippen LogP contribution >= 0.6 is 7.82 Å². The van der Waals surface area contributed by atoms with E-state index in [4.69, 9.17) is 9.05 Å². The van der Waals surface area contributed by atoms with E-state index in [-0.39, 0.29) is 19.1 Å². The molecule has 0 saturated carbocycles. The van der Waals surface area contributed by atoms with Gasteiger partial charge in [0.15, 0.2) is 0 Å². The predicted molar refractivity (Wildman–Crippen MR) is 247 cm³/mol. The Morgan fingerprint density at radius 3 is 1.17 bits per heavy atom. The molecule has 1 amide bonds. The van der Waals surface area contributed by atoms with Crippen LogP contribution in [0.15, 0.2) is 0 Å². The number of phosphoric acid groups is 1. The highest BCUT2D eigenvalue weighted by Gasteiger charge is 2.24. The van der Waals surface area contributed by atoms with Crippen molar-refractivity contribution in [2.24, 2.45) is 0 Å². The van der Waals surface area contributed by atoms with E-state index in [0.29, 0.717) is 23.9 Å². The minimum Gasteiger partial charge on any atom is -0.756 e. The lowest BCUT2D eigenvalue weighted by atomic mass is 10.0. The number of aliphatic hydroxyl groups excluding tert-OH is 1.